The van der Waals surface area contributed by atoms with Crippen LogP contribution in [0.5, 0.6) is 0 Å². The molecule has 0 aromatic heterocycles. The van der Waals surface area contributed by atoms with E-state index in [0.29, 0.717) is 66.0 Å². The van der Waals surface area contributed by atoms with Crippen LogP contribution in [-0.4, -0.2) is 54.1 Å². The highest BCUT2D eigenvalue weighted by molar-refractivity contribution is 7.83. The Hall–Kier alpha value is -8.37. The maximum absolute atomic E-state index is 15.7. The van der Waals surface area contributed by atoms with Crippen molar-refractivity contribution in [3.8, 4) is 0 Å². The molecule has 3 N–H and O–H groups in total. The number of anilines is 6. The number of fused-ring (bicyclic) bond motifs is 6. The lowest BCUT2D eigenvalue weighted by Gasteiger charge is -2.28. The standard InChI is InChI=1S/C63H57N6O6P3.C2H6OS/c1-4-67-52-40-47(38-49(43-52)64-76(73,55-25-13-7-14-26-55)56-27-15-8-16-28-56)62(71)69(6-3)54-42-48(39-51(45-54)66-78(75,59-33-21-11-22-34-59)60-35-23-12-24-36-60)63(72)68(5-2)53-41-46(61(67)70)37-50(44-53)65-77(74,57-29-17-9-18-30-57)58-31-19-10-20-32-58;1-4(2)3/h7-45H,4-6H2,1-3H3,(H,64,73)(H,65,74)(H,66,75);1-2H3. The van der Waals surface area contributed by atoms with Crippen LogP contribution in [0.2, 0.25) is 0 Å². The third-order valence-electron chi connectivity index (χ3n) is 13.7. The first-order valence-corrected chi connectivity index (χ1v) is 33.8. The van der Waals surface area contributed by atoms with Crippen LogP contribution in [0, 0.1) is 0 Å². The second-order valence-corrected chi connectivity index (χ2v) is 28.3. The van der Waals surface area contributed by atoms with Crippen LogP contribution in [0.25, 0.3) is 0 Å². The van der Waals surface area contributed by atoms with Gasteiger partial charge in [-0.25, -0.2) is 0 Å². The van der Waals surface area contributed by atoms with Gasteiger partial charge in [-0.2, -0.15) is 0 Å². The molecule has 1 aliphatic heterocycles. The Balaban J connectivity index is 0.00000196. The van der Waals surface area contributed by atoms with E-state index in [0.717, 1.165) is 0 Å². The van der Waals surface area contributed by atoms with Crippen molar-refractivity contribution in [3.63, 3.8) is 0 Å². The lowest BCUT2D eigenvalue weighted by Crippen LogP contribution is -2.33. The number of hydrogen-bond donors (Lipinski definition) is 3. The number of rotatable bonds is 15. The maximum atomic E-state index is 15.7. The fourth-order valence-corrected chi connectivity index (χ4v) is 16.6. The molecule has 0 fully saturated rings. The van der Waals surface area contributed by atoms with Crippen molar-refractivity contribution in [3.05, 3.63) is 253 Å². The van der Waals surface area contributed by atoms with E-state index < -0.39 is 50.4 Å². The zero-order valence-corrected chi connectivity index (χ0v) is 49.6. The molecular weight excluding hydrogens is 1100 g/mol. The van der Waals surface area contributed by atoms with Crippen LogP contribution < -0.4 is 61.8 Å². The molecule has 416 valence electrons. The third kappa shape index (κ3) is 12.6. The van der Waals surface area contributed by atoms with Gasteiger partial charge in [0.2, 0.25) is 21.9 Å². The van der Waals surface area contributed by atoms with Crippen LogP contribution in [0.4, 0.5) is 34.1 Å². The van der Waals surface area contributed by atoms with E-state index in [4.69, 9.17) is 0 Å². The number of nitrogens with one attached hydrogen (secondary N) is 3. The fourth-order valence-electron chi connectivity index (χ4n) is 9.87. The average molecular weight is 1170 g/mol. The molecule has 3 amide bonds. The summed E-state index contributed by atoms with van der Waals surface area (Å²) in [7, 11) is -11.7. The normalized spacial score (nSPS) is 12.9. The van der Waals surface area contributed by atoms with E-state index in [1.54, 1.807) is 140 Å². The Labute approximate surface area is 482 Å². The van der Waals surface area contributed by atoms with Gasteiger partial charge in [-0.15, -0.1) is 0 Å². The first kappa shape index (κ1) is 58.3. The summed E-state index contributed by atoms with van der Waals surface area (Å²) in [5, 5.41) is 13.3. The number of hydrogen-bond acceptors (Lipinski definition) is 7. The van der Waals surface area contributed by atoms with E-state index in [1.807, 2.05) is 130 Å². The highest BCUT2D eigenvalue weighted by Gasteiger charge is 2.34. The predicted molar refractivity (Wildman–Crippen MR) is 342 cm³/mol. The quantitative estimate of drug-likeness (QED) is 0.0841. The highest BCUT2D eigenvalue weighted by Crippen LogP contribution is 2.48. The van der Waals surface area contributed by atoms with Gasteiger partial charge in [0.1, 0.15) is 0 Å². The van der Waals surface area contributed by atoms with Crippen molar-refractivity contribution in [1.29, 1.82) is 0 Å². The molecule has 9 aromatic rings. The second kappa shape index (κ2) is 25.6. The number of nitrogens with zero attached hydrogens (tertiary/aromatic N) is 3. The molecule has 0 aliphatic carbocycles. The van der Waals surface area contributed by atoms with Gasteiger partial charge >= 0.3 is 0 Å². The first-order valence-electron chi connectivity index (χ1n) is 26.7. The van der Waals surface area contributed by atoms with Gasteiger partial charge in [-0.1, -0.05) is 109 Å². The van der Waals surface area contributed by atoms with Crippen LogP contribution >= 0.6 is 21.9 Å². The topological polar surface area (TPSA) is 165 Å². The van der Waals surface area contributed by atoms with Crippen LogP contribution in [0.15, 0.2) is 237 Å². The van der Waals surface area contributed by atoms with Crippen molar-refractivity contribution < 1.29 is 32.3 Å². The number of amides is 3. The number of carbonyl (C=O) groups is 3. The summed E-state index contributed by atoms with van der Waals surface area (Å²) in [4.78, 5) is 51.2. The molecule has 0 unspecified atom stereocenters. The Bertz CT molecular complexity index is 3390. The Morgan fingerprint density at radius 2 is 0.512 bits per heavy atom. The van der Waals surface area contributed by atoms with Gasteiger partial charge in [-0.05, 0) is 148 Å². The zero-order valence-electron chi connectivity index (χ0n) is 46.1. The molecule has 1 heterocycles. The van der Waals surface area contributed by atoms with E-state index >= 15 is 28.1 Å². The summed E-state index contributed by atoms with van der Waals surface area (Å²) in [5.74, 6) is -1.47. The van der Waals surface area contributed by atoms with Crippen LogP contribution in [0.3, 0.4) is 0 Å². The van der Waals surface area contributed by atoms with E-state index in [1.165, 1.54) is 14.7 Å². The van der Waals surface area contributed by atoms with Gasteiger partial charge in [-0.3, -0.25) is 32.3 Å². The molecule has 1 aliphatic rings. The van der Waals surface area contributed by atoms with E-state index in [-0.39, 0.29) is 36.3 Å². The second-order valence-electron chi connectivity index (χ2n) is 19.4. The fraction of sp³-hybridized carbons (Fsp3) is 0.123. The molecule has 0 saturated carbocycles. The molecule has 0 atom stereocenters. The zero-order chi connectivity index (χ0) is 58.0. The minimum Gasteiger partial charge on any atom is -0.329 e. The molecule has 13 nitrogen and oxygen atoms in total. The lowest BCUT2D eigenvalue weighted by atomic mass is 10.1. The summed E-state index contributed by atoms with van der Waals surface area (Å²) in [6.45, 7) is 5.82. The Kier molecular flexibility index (Phi) is 18.2. The van der Waals surface area contributed by atoms with Crippen molar-refractivity contribution in [2.45, 2.75) is 20.8 Å². The van der Waals surface area contributed by atoms with Crippen molar-refractivity contribution >= 4 is 116 Å². The Morgan fingerprint density at radius 3 is 0.683 bits per heavy atom. The lowest BCUT2D eigenvalue weighted by molar-refractivity contribution is 0.0977. The van der Waals surface area contributed by atoms with Gasteiger partial charge in [0.25, 0.3) is 17.7 Å². The predicted octanol–water partition coefficient (Wildman–Crippen LogP) is 12.0. The summed E-state index contributed by atoms with van der Waals surface area (Å²) in [5.41, 5.74) is 2.31. The van der Waals surface area contributed by atoms with E-state index in [2.05, 4.69) is 15.3 Å². The van der Waals surface area contributed by atoms with Gasteiger partial charge < -0.3 is 30.0 Å². The molecular formula is C65H63N6O7P3S. The number of benzene rings is 9. The summed E-state index contributed by atoms with van der Waals surface area (Å²) >= 11 is 0. The van der Waals surface area contributed by atoms with Crippen molar-refractivity contribution in [2.24, 2.45) is 0 Å². The van der Waals surface area contributed by atoms with Crippen LogP contribution in [0.1, 0.15) is 51.8 Å². The molecule has 0 spiro atoms. The third-order valence-corrected chi connectivity index (χ3v) is 21.6. The first-order chi connectivity index (χ1) is 39.6. The molecule has 6 bridgehead atoms. The van der Waals surface area contributed by atoms with Gasteiger partial charge in [0.05, 0.1) is 0 Å². The summed E-state index contributed by atoms with van der Waals surface area (Å²) in [6, 6.07) is 69.3. The van der Waals surface area contributed by atoms with Crippen molar-refractivity contribution in [1.82, 2.24) is 0 Å². The van der Waals surface area contributed by atoms with Crippen LogP contribution in [-0.2, 0) is 24.5 Å². The van der Waals surface area contributed by atoms with Crippen molar-refractivity contribution in [2.75, 3.05) is 62.1 Å². The molecule has 82 heavy (non-hydrogen) atoms. The number of carbonyl (C=O) groups excluding carboxylic acids is 3. The molecule has 0 saturated heterocycles. The minimum absolute atomic E-state index is 0.122. The average Bonchev–Trinajstić information content (AvgIpc) is 3.72. The summed E-state index contributed by atoms with van der Waals surface area (Å²) < 4.78 is 56.6. The largest absolute Gasteiger partial charge is 0.329 e. The molecule has 10 rings (SSSR count). The molecule has 9 aromatic carbocycles. The maximum Gasteiger partial charge on any atom is 0.258 e. The smallest absolute Gasteiger partial charge is 0.258 e. The van der Waals surface area contributed by atoms with E-state index in [9.17, 15) is 4.21 Å². The molecule has 0 radical (unpaired) electrons. The van der Waals surface area contributed by atoms with Gasteiger partial charge in [0.15, 0.2) is 0 Å². The minimum atomic E-state index is -3.69. The SMILES string of the molecule is CCN1C(=O)c2cc(NP(=O)(c3ccccc3)c3ccccc3)cc(c2)N(CC)C(=O)c2cc(NP(=O)(c3ccccc3)c3ccccc3)cc(c2)N(CC)C(=O)c2cc(NP(=O)(c3ccccc3)c3ccccc3)cc1c2.CS(C)=O. The Morgan fingerprint density at radius 1 is 0.329 bits per heavy atom. The highest BCUT2D eigenvalue weighted by atomic mass is 32.2. The van der Waals surface area contributed by atoms with Gasteiger partial charge in [0, 0.05) is 126 Å². The monoisotopic (exact) mass is 1160 g/mol. The molecule has 17 heteroatoms. The summed E-state index contributed by atoms with van der Waals surface area (Å²) in [6.07, 6.45) is 3.28.